The van der Waals surface area contributed by atoms with Crippen molar-refractivity contribution in [2.45, 2.75) is 11.4 Å². The lowest BCUT2D eigenvalue weighted by Gasteiger charge is -2.08. The van der Waals surface area contributed by atoms with Gasteiger partial charge in [0, 0.05) is 18.9 Å². The normalized spacial score (nSPS) is 11.5. The lowest BCUT2D eigenvalue weighted by molar-refractivity contribution is 0.514. The van der Waals surface area contributed by atoms with Gasteiger partial charge in [0.05, 0.1) is 0 Å². The van der Waals surface area contributed by atoms with Crippen molar-refractivity contribution >= 4 is 10.0 Å². The maximum Gasteiger partial charge on any atom is 0.246 e. The van der Waals surface area contributed by atoms with Crippen molar-refractivity contribution < 1.29 is 17.2 Å². The number of nitrogens with zero attached hydrogens (tertiary/aromatic N) is 1. The summed E-state index contributed by atoms with van der Waals surface area (Å²) in [5, 5.41) is 0. The molecule has 1 heterocycles. The Hall–Kier alpha value is -1.86. The molecule has 0 aliphatic heterocycles. The first kappa shape index (κ1) is 13.6. The smallest absolute Gasteiger partial charge is 0.246 e. The van der Waals surface area contributed by atoms with Crippen molar-refractivity contribution in [2.75, 3.05) is 0 Å². The second-order valence-corrected chi connectivity index (χ2v) is 5.44. The molecular weight excluding hydrogens is 274 g/mol. The van der Waals surface area contributed by atoms with E-state index in [4.69, 9.17) is 0 Å². The third kappa shape index (κ3) is 3.12. The van der Waals surface area contributed by atoms with Gasteiger partial charge in [0.15, 0.2) is 4.90 Å². The van der Waals surface area contributed by atoms with Crippen LogP contribution >= 0.6 is 0 Å². The van der Waals surface area contributed by atoms with E-state index in [-0.39, 0.29) is 6.54 Å². The molecule has 0 fully saturated rings. The average molecular weight is 284 g/mol. The molecule has 1 aromatic heterocycles. The minimum Gasteiger partial charge on any atom is -0.264 e. The number of pyridine rings is 1. The molecule has 0 amide bonds. The summed E-state index contributed by atoms with van der Waals surface area (Å²) >= 11 is 0. The van der Waals surface area contributed by atoms with E-state index < -0.39 is 26.6 Å². The van der Waals surface area contributed by atoms with Gasteiger partial charge in [-0.15, -0.1) is 0 Å². The molecule has 2 aromatic rings. The van der Waals surface area contributed by atoms with Crippen molar-refractivity contribution in [3.63, 3.8) is 0 Å². The summed E-state index contributed by atoms with van der Waals surface area (Å²) in [6, 6.07) is 6.16. The Kier molecular flexibility index (Phi) is 3.87. The minimum atomic E-state index is -4.25. The van der Waals surface area contributed by atoms with E-state index >= 15 is 0 Å². The molecule has 0 unspecified atom stereocenters. The third-order valence-electron chi connectivity index (χ3n) is 2.38. The molecule has 19 heavy (non-hydrogen) atoms. The van der Waals surface area contributed by atoms with E-state index in [1.54, 1.807) is 12.1 Å². The number of hydrogen-bond acceptors (Lipinski definition) is 3. The molecule has 0 bridgehead atoms. The highest BCUT2D eigenvalue weighted by atomic mass is 32.2. The van der Waals surface area contributed by atoms with Crippen molar-refractivity contribution in [3.8, 4) is 0 Å². The molecule has 100 valence electrons. The van der Waals surface area contributed by atoms with E-state index in [0.717, 1.165) is 18.2 Å². The topological polar surface area (TPSA) is 59.1 Å². The van der Waals surface area contributed by atoms with Gasteiger partial charge in [0.1, 0.15) is 11.6 Å². The van der Waals surface area contributed by atoms with E-state index in [0.29, 0.717) is 5.56 Å². The van der Waals surface area contributed by atoms with Gasteiger partial charge in [-0.2, -0.15) is 0 Å². The summed E-state index contributed by atoms with van der Waals surface area (Å²) in [5.74, 6) is -2.25. The Balaban J connectivity index is 2.24. The first-order chi connectivity index (χ1) is 9.00. The lowest BCUT2D eigenvalue weighted by Crippen LogP contribution is -2.25. The molecular formula is C12H10F2N2O2S. The molecule has 1 aromatic carbocycles. The predicted molar refractivity (Wildman–Crippen MR) is 64.6 cm³/mol. The van der Waals surface area contributed by atoms with Crippen LogP contribution in [0.2, 0.25) is 0 Å². The average Bonchev–Trinajstić information content (AvgIpc) is 2.37. The summed E-state index contributed by atoms with van der Waals surface area (Å²) < 4.78 is 52.6. The maximum atomic E-state index is 13.4. The zero-order chi connectivity index (χ0) is 13.9. The van der Waals surface area contributed by atoms with Gasteiger partial charge in [0.2, 0.25) is 10.0 Å². The maximum absolute atomic E-state index is 13.4. The van der Waals surface area contributed by atoms with E-state index in [2.05, 4.69) is 9.71 Å². The molecule has 1 N–H and O–H groups in total. The van der Waals surface area contributed by atoms with E-state index in [9.17, 15) is 17.2 Å². The number of rotatable bonds is 4. The first-order valence-corrected chi connectivity index (χ1v) is 6.81. The second-order valence-electron chi connectivity index (χ2n) is 3.74. The number of halogens is 2. The Morgan fingerprint density at radius 2 is 1.79 bits per heavy atom. The fourth-order valence-corrected chi connectivity index (χ4v) is 2.64. The highest BCUT2D eigenvalue weighted by Gasteiger charge is 2.23. The van der Waals surface area contributed by atoms with Gasteiger partial charge in [-0.1, -0.05) is 12.1 Å². The minimum absolute atomic E-state index is 0.0933. The van der Waals surface area contributed by atoms with Crippen LogP contribution in [0.5, 0.6) is 0 Å². The van der Waals surface area contributed by atoms with Crippen LogP contribution in [-0.2, 0) is 16.6 Å². The number of nitrogens with one attached hydrogen (secondary N) is 1. The standard InChI is InChI=1S/C12H10F2N2O2S/c13-10-4-1-5-11(14)12(10)19(17,18)16-8-9-3-2-6-15-7-9/h1-7,16H,8H2. The predicted octanol–water partition coefficient (Wildman–Crippen LogP) is 1.84. The fourth-order valence-electron chi connectivity index (χ4n) is 1.49. The Labute approximate surface area is 109 Å². The molecule has 7 heteroatoms. The summed E-state index contributed by atoms with van der Waals surface area (Å²) in [7, 11) is -4.25. The largest absolute Gasteiger partial charge is 0.264 e. The zero-order valence-corrected chi connectivity index (χ0v) is 10.5. The fraction of sp³-hybridized carbons (Fsp3) is 0.0833. The van der Waals surface area contributed by atoms with Gasteiger partial charge < -0.3 is 0 Å². The molecule has 0 spiro atoms. The molecule has 0 saturated carbocycles. The third-order valence-corrected chi connectivity index (χ3v) is 3.83. The van der Waals surface area contributed by atoms with Gasteiger partial charge in [-0.05, 0) is 23.8 Å². The highest BCUT2D eigenvalue weighted by Crippen LogP contribution is 2.18. The highest BCUT2D eigenvalue weighted by molar-refractivity contribution is 7.89. The van der Waals surface area contributed by atoms with Crippen LogP contribution in [0.4, 0.5) is 8.78 Å². The molecule has 2 rings (SSSR count). The van der Waals surface area contributed by atoms with Gasteiger partial charge in [0.25, 0.3) is 0 Å². The Morgan fingerprint density at radius 1 is 1.11 bits per heavy atom. The number of sulfonamides is 1. The van der Waals surface area contributed by atoms with Crippen LogP contribution in [0.25, 0.3) is 0 Å². The Morgan fingerprint density at radius 3 is 2.37 bits per heavy atom. The SMILES string of the molecule is O=S(=O)(NCc1cccnc1)c1c(F)cccc1F. The van der Waals surface area contributed by atoms with Gasteiger partial charge in [-0.25, -0.2) is 21.9 Å². The lowest BCUT2D eigenvalue weighted by atomic mass is 10.3. The summed E-state index contributed by atoms with van der Waals surface area (Å²) in [6.07, 6.45) is 2.99. The number of hydrogen-bond donors (Lipinski definition) is 1. The molecule has 0 radical (unpaired) electrons. The molecule has 0 atom stereocenters. The molecule has 0 aliphatic carbocycles. The van der Waals surface area contributed by atoms with Crippen LogP contribution < -0.4 is 4.72 Å². The van der Waals surface area contributed by atoms with Crippen molar-refractivity contribution in [1.82, 2.24) is 9.71 Å². The summed E-state index contributed by atoms with van der Waals surface area (Å²) in [4.78, 5) is 2.84. The van der Waals surface area contributed by atoms with Crippen molar-refractivity contribution in [3.05, 3.63) is 59.9 Å². The van der Waals surface area contributed by atoms with Crippen LogP contribution in [-0.4, -0.2) is 13.4 Å². The molecule has 0 saturated heterocycles. The van der Waals surface area contributed by atoms with Gasteiger partial charge in [-0.3, -0.25) is 4.98 Å². The quantitative estimate of drug-likeness (QED) is 0.932. The van der Waals surface area contributed by atoms with Gasteiger partial charge >= 0.3 is 0 Å². The zero-order valence-electron chi connectivity index (χ0n) is 9.68. The van der Waals surface area contributed by atoms with Crippen LogP contribution in [0.3, 0.4) is 0 Å². The first-order valence-electron chi connectivity index (χ1n) is 5.33. The van der Waals surface area contributed by atoms with Crippen molar-refractivity contribution in [1.29, 1.82) is 0 Å². The van der Waals surface area contributed by atoms with E-state index in [1.807, 2.05) is 0 Å². The van der Waals surface area contributed by atoms with Crippen molar-refractivity contribution in [2.24, 2.45) is 0 Å². The van der Waals surface area contributed by atoms with E-state index in [1.165, 1.54) is 12.4 Å². The summed E-state index contributed by atoms with van der Waals surface area (Å²) in [6.45, 7) is -0.0933. The Bertz CT molecular complexity index is 655. The van der Waals surface area contributed by atoms with Crippen LogP contribution in [0, 0.1) is 11.6 Å². The number of benzene rings is 1. The molecule has 0 aliphatic rings. The molecule has 4 nitrogen and oxygen atoms in total. The second kappa shape index (κ2) is 5.41. The monoisotopic (exact) mass is 284 g/mol. The van der Waals surface area contributed by atoms with Crippen LogP contribution in [0.15, 0.2) is 47.6 Å². The van der Waals surface area contributed by atoms with Crippen LogP contribution in [0.1, 0.15) is 5.56 Å². The number of aromatic nitrogens is 1. The summed E-state index contributed by atoms with van der Waals surface area (Å²) in [5.41, 5.74) is 0.586.